The third-order valence-corrected chi connectivity index (χ3v) is 5.77. The second-order valence-corrected chi connectivity index (χ2v) is 8.06. The lowest BCUT2D eigenvalue weighted by atomic mass is 9.97. The molecule has 8 nitrogen and oxygen atoms in total. The number of hydrogen-bond acceptors (Lipinski definition) is 7. The van der Waals surface area contributed by atoms with Crippen molar-refractivity contribution in [2.24, 2.45) is 0 Å². The fourth-order valence-corrected chi connectivity index (χ4v) is 4.18. The molecule has 192 valence electrons. The Labute approximate surface area is 213 Å². The van der Waals surface area contributed by atoms with Crippen LogP contribution in [0.15, 0.2) is 66.4 Å². The predicted octanol–water partition coefficient (Wildman–Crippen LogP) is 5.28. The van der Waals surface area contributed by atoms with E-state index in [1.54, 1.807) is 12.1 Å². The average molecular weight is 535 g/mol. The van der Waals surface area contributed by atoms with Crippen LogP contribution in [0.4, 0.5) is 18.9 Å². The van der Waals surface area contributed by atoms with E-state index < -0.39 is 35.6 Å². The SMILES string of the molecule is COc1cc(OC)c(/C(O)=C2\C(=O)C(=O)N(c3cccc(OC(F)(F)F)c3)C2c2ccccn2)cc1Cl. The van der Waals surface area contributed by atoms with Gasteiger partial charge in [-0.25, -0.2) is 0 Å². The smallest absolute Gasteiger partial charge is 0.507 e. The first-order valence-corrected chi connectivity index (χ1v) is 10.9. The van der Waals surface area contributed by atoms with Gasteiger partial charge in [-0.1, -0.05) is 23.7 Å². The van der Waals surface area contributed by atoms with E-state index >= 15 is 0 Å². The summed E-state index contributed by atoms with van der Waals surface area (Å²) in [6, 6.07) is 10.7. The number of hydrogen-bond donors (Lipinski definition) is 1. The van der Waals surface area contributed by atoms with Crippen LogP contribution in [0.25, 0.3) is 5.76 Å². The number of anilines is 1. The highest BCUT2D eigenvalue weighted by Gasteiger charge is 2.48. The average Bonchev–Trinajstić information content (AvgIpc) is 3.13. The van der Waals surface area contributed by atoms with Gasteiger partial charge in [0.2, 0.25) is 0 Å². The molecule has 1 aliphatic heterocycles. The van der Waals surface area contributed by atoms with Gasteiger partial charge in [-0.3, -0.25) is 19.5 Å². The molecule has 2 aromatic carbocycles. The van der Waals surface area contributed by atoms with Crippen LogP contribution in [-0.2, 0) is 9.59 Å². The highest BCUT2D eigenvalue weighted by molar-refractivity contribution is 6.51. The minimum absolute atomic E-state index is 0.0126. The van der Waals surface area contributed by atoms with Crippen molar-refractivity contribution < 1.29 is 42.1 Å². The number of alkyl halides is 3. The van der Waals surface area contributed by atoms with Crippen LogP contribution in [0, 0.1) is 0 Å². The standard InChI is InChI=1S/C25H18ClF3N2O6/c1-35-18-12-19(36-2)16(26)11-15(18)22(32)20-21(17-8-3-4-9-30-17)31(24(34)23(20)33)13-6-5-7-14(10-13)37-25(27,28)29/h3-12,21,32H,1-2H3/b22-20+. The molecule has 1 fully saturated rings. The van der Waals surface area contributed by atoms with E-state index in [4.69, 9.17) is 21.1 Å². The largest absolute Gasteiger partial charge is 0.573 e. The quantitative estimate of drug-likeness (QED) is 0.261. The lowest BCUT2D eigenvalue weighted by Crippen LogP contribution is -2.30. The molecule has 2 heterocycles. The van der Waals surface area contributed by atoms with Crippen molar-refractivity contribution in [3.8, 4) is 17.2 Å². The molecule has 1 unspecified atom stereocenters. The van der Waals surface area contributed by atoms with E-state index in [2.05, 4.69) is 9.72 Å². The molecule has 0 bridgehead atoms. The molecule has 1 N–H and O–H groups in total. The summed E-state index contributed by atoms with van der Waals surface area (Å²) in [5.74, 6) is -3.09. The number of rotatable bonds is 6. The number of amides is 1. The van der Waals surface area contributed by atoms with E-state index in [1.165, 1.54) is 50.7 Å². The van der Waals surface area contributed by atoms with Gasteiger partial charge in [-0.2, -0.15) is 0 Å². The van der Waals surface area contributed by atoms with Crippen molar-refractivity contribution in [3.63, 3.8) is 0 Å². The Morgan fingerprint density at radius 1 is 1.03 bits per heavy atom. The van der Waals surface area contributed by atoms with Gasteiger partial charge in [0.05, 0.1) is 36.1 Å². The zero-order chi connectivity index (χ0) is 26.9. The Kier molecular flexibility index (Phi) is 6.99. The van der Waals surface area contributed by atoms with Gasteiger partial charge in [0, 0.05) is 24.0 Å². The summed E-state index contributed by atoms with van der Waals surface area (Å²) in [7, 11) is 2.70. The number of ketones is 1. The van der Waals surface area contributed by atoms with Crippen LogP contribution in [0.2, 0.25) is 5.02 Å². The summed E-state index contributed by atoms with van der Waals surface area (Å²) in [5, 5.41) is 11.4. The summed E-state index contributed by atoms with van der Waals surface area (Å²) in [5.41, 5.74) is -0.297. The van der Waals surface area contributed by atoms with Gasteiger partial charge < -0.3 is 19.3 Å². The van der Waals surface area contributed by atoms with Crippen LogP contribution < -0.4 is 19.1 Å². The van der Waals surface area contributed by atoms with Crippen molar-refractivity contribution in [1.82, 2.24) is 4.98 Å². The third-order valence-electron chi connectivity index (χ3n) is 5.47. The number of aliphatic hydroxyl groups excluding tert-OH is 1. The van der Waals surface area contributed by atoms with Gasteiger partial charge in [0.15, 0.2) is 0 Å². The fraction of sp³-hybridized carbons (Fsp3) is 0.160. The Hall–Kier alpha value is -4.25. The van der Waals surface area contributed by atoms with Crippen molar-refractivity contribution in [2.75, 3.05) is 19.1 Å². The number of aliphatic hydroxyl groups is 1. The molecule has 1 atom stereocenters. The normalized spacial score (nSPS) is 17.1. The van der Waals surface area contributed by atoms with Crippen LogP contribution in [0.5, 0.6) is 17.2 Å². The number of benzene rings is 2. The summed E-state index contributed by atoms with van der Waals surface area (Å²) < 4.78 is 52.9. The first kappa shape index (κ1) is 25.8. The Morgan fingerprint density at radius 3 is 2.38 bits per heavy atom. The summed E-state index contributed by atoms with van der Waals surface area (Å²) in [6.45, 7) is 0. The highest BCUT2D eigenvalue weighted by atomic mass is 35.5. The molecule has 37 heavy (non-hydrogen) atoms. The lowest BCUT2D eigenvalue weighted by molar-refractivity contribution is -0.274. The zero-order valence-electron chi connectivity index (χ0n) is 19.2. The van der Waals surface area contributed by atoms with Crippen molar-refractivity contribution in [2.45, 2.75) is 12.4 Å². The molecule has 3 aromatic rings. The van der Waals surface area contributed by atoms with Gasteiger partial charge in [-0.15, -0.1) is 13.2 Å². The second-order valence-electron chi connectivity index (χ2n) is 7.66. The van der Waals surface area contributed by atoms with Crippen LogP contribution in [0.3, 0.4) is 0 Å². The molecular formula is C25H18ClF3N2O6. The van der Waals surface area contributed by atoms with E-state index in [1.807, 2.05) is 0 Å². The molecule has 0 radical (unpaired) electrons. The van der Waals surface area contributed by atoms with E-state index in [0.717, 1.165) is 17.0 Å². The maximum atomic E-state index is 13.3. The van der Waals surface area contributed by atoms with E-state index in [0.29, 0.717) is 0 Å². The Morgan fingerprint density at radius 2 is 1.76 bits per heavy atom. The predicted molar refractivity (Wildman–Crippen MR) is 127 cm³/mol. The summed E-state index contributed by atoms with van der Waals surface area (Å²) in [4.78, 5) is 31.6. The molecular weight excluding hydrogens is 517 g/mol. The Bertz CT molecular complexity index is 1390. The molecule has 4 rings (SSSR count). The highest BCUT2D eigenvalue weighted by Crippen LogP contribution is 2.44. The van der Waals surface area contributed by atoms with Crippen LogP contribution >= 0.6 is 11.6 Å². The first-order valence-electron chi connectivity index (χ1n) is 10.6. The van der Waals surface area contributed by atoms with Gasteiger partial charge in [0.25, 0.3) is 11.7 Å². The van der Waals surface area contributed by atoms with Crippen LogP contribution in [-0.4, -0.2) is 42.4 Å². The van der Waals surface area contributed by atoms with Crippen molar-refractivity contribution in [3.05, 3.63) is 82.6 Å². The topological polar surface area (TPSA) is 98.2 Å². The van der Waals surface area contributed by atoms with Crippen molar-refractivity contribution in [1.29, 1.82) is 0 Å². The third kappa shape index (κ3) is 5.03. The monoisotopic (exact) mass is 534 g/mol. The summed E-state index contributed by atoms with van der Waals surface area (Å²) in [6.07, 6.45) is -3.57. The molecule has 12 heteroatoms. The number of methoxy groups -OCH3 is 2. The molecule has 1 aliphatic rings. The number of carbonyl (C=O) groups is 2. The molecule has 1 aromatic heterocycles. The van der Waals surface area contributed by atoms with E-state index in [-0.39, 0.29) is 39.0 Å². The number of nitrogens with zero attached hydrogens (tertiary/aromatic N) is 2. The van der Waals surface area contributed by atoms with Gasteiger partial charge in [0.1, 0.15) is 29.0 Å². The zero-order valence-corrected chi connectivity index (χ0v) is 20.0. The van der Waals surface area contributed by atoms with Crippen molar-refractivity contribution >= 4 is 34.7 Å². The number of carbonyl (C=O) groups excluding carboxylic acids is 2. The van der Waals surface area contributed by atoms with E-state index in [9.17, 15) is 27.9 Å². The fourth-order valence-electron chi connectivity index (χ4n) is 3.94. The lowest BCUT2D eigenvalue weighted by Gasteiger charge is -2.25. The minimum atomic E-state index is -4.97. The van der Waals surface area contributed by atoms with Gasteiger partial charge in [-0.05, 0) is 30.3 Å². The number of halogens is 4. The first-order chi connectivity index (χ1) is 17.6. The van der Waals surface area contributed by atoms with Gasteiger partial charge >= 0.3 is 6.36 Å². The minimum Gasteiger partial charge on any atom is -0.507 e. The maximum absolute atomic E-state index is 13.3. The number of Topliss-reactive ketones (excluding diaryl/α,β-unsaturated/α-hetero) is 1. The summed E-state index contributed by atoms with van der Waals surface area (Å²) >= 11 is 6.23. The number of pyridine rings is 1. The molecule has 1 saturated heterocycles. The Balaban J connectivity index is 1.93. The molecule has 0 aliphatic carbocycles. The second kappa shape index (κ2) is 10.0. The maximum Gasteiger partial charge on any atom is 0.573 e. The number of aromatic nitrogens is 1. The molecule has 0 saturated carbocycles. The molecule has 0 spiro atoms. The number of ether oxygens (including phenoxy) is 3. The molecule has 1 amide bonds. The van der Waals surface area contributed by atoms with Crippen LogP contribution in [0.1, 0.15) is 17.3 Å².